The van der Waals surface area contributed by atoms with Crippen molar-refractivity contribution in [3.63, 3.8) is 0 Å². The Bertz CT molecular complexity index is 1600. The number of fused-ring (bicyclic) bond motifs is 1. The number of nitrogens with zero attached hydrogens (tertiary/aromatic N) is 2. The SMILES string of the molecule is CNC(=O)c1cccc(NC(=O)NCC(=O)N(C)c2ccc(Cl)c(COc3cccc4ccc(C)nc34)c2Cl)c1.Cl. The number of rotatable bonds is 8. The molecule has 12 heteroatoms. The molecule has 0 atom stereocenters. The third-order valence-corrected chi connectivity index (χ3v) is 6.88. The summed E-state index contributed by atoms with van der Waals surface area (Å²) in [5.74, 6) is -0.118. The lowest BCUT2D eigenvalue weighted by atomic mass is 10.1. The average molecular weight is 617 g/mol. The summed E-state index contributed by atoms with van der Waals surface area (Å²) in [6, 6.07) is 18.6. The molecule has 0 unspecified atom stereocenters. The normalized spacial score (nSPS) is 10.4. The van der Waals surface area contributed by atoms with Gasteiger partial charge in [-0.2, -0.15) is 0 Å². The lowest BCUT2D eigenvalue weighted by Gasteiger charge is -2.21. The molecule has 0 fully saturated rings. The first kappa shape index (κ1) is 31.5. The molecule has 3 aromatic carbocycles. The van der Waals surface area contributed by atoms with Crippen molar-refractivity contribution in [1.29, 1.82) is 0 Å². The summed E-state index contributed by atoms with van der Waals surface area (Å²) in [6.07, 6.45) is 0. The number of benzene rings is 3. The van der Waals surface area contributed by atoms with Crippen molar-refractivity contribution in [2.75, 3.05) is 30.9 Å². The summed E-state index contributed by atoms with van der Waals surface area (Å²) in [4.78, 5) is 43.0. The Balaban J connectivity index is 0.00000462. The molecule has 3 N–H and O–H groups in total. The van der Waals surface area contributed by atoms with Crippen LogP contribution in [0.2, 0.25) is 10.0 Å². The number of carbonyl (C=O) groups is 3. The number of carbonyl (C=O) groups excluding carboxylic acids is 3. The van der Waals surface area contributed by atoms with Gasteiger partial charge in [-0.05, 0) is 49.4 Å². The van der Waals surface area contributed by atoms with E-state index in [0.29, 0.717) is 33.3 Å². The van der Waals surface area contributed by atoms with Gasteiger partial charge in [-0.15, -0.1) is 12.4 Å². The van der Waals surface area contributed by atoms with Crippen molar-refractivity contribution in [1.82, 2.24) is 15.6 Å². The number of aromatic nitrogens is 1. The largest absolute Gasteiger partial charge is 0.487 e. The van der Waals surface area contributed by atoms with Gasteiger partial charge in [0.05, 0.1) is 17.3 Å². The highest BCUT2D eigenvalue weighted by Crippen LogP contribution is 2.35. The van der Waals surface area contributed by atoms with Gasteiger partial charge in [-0.1, -0.05) is 47.5 Å². The molecule has 4 amide bonds. The fraction of sp³-hybridized carbons (Fsp3) is 0.172. The maximum absolute atomic E-state index is 12.9. The average Bonchev–Trinajstić information content (AvgIpc) is 2.95. The summed E-state index contributed by atoms with van der Waals surface area (Å²) >= 11 is 13.1. The van der Waals surface area contributed by atoms with E-state index in [4.69, 9.17) is 27.9 Å². The number of likely N-dealkylation sites (N-methyl/N-ethyl adjacent to an activating group) is 1. The van der Waals surface area contributed by atoms with Gasteiger partial charge in [0.2, 0.25) is 5.91 Å². The van der Waals surface area contributed by atoms with Gasteiger partial charge in [-0.3, -0.25) is 9.59 Å². The zero-order chi connectivity index (χ0) is 28.8. The topological polar surface area (TPSA) is 113 Å². The van der Waals surface area contributed by atoms with Crippen LogP contribution in [0.25, 0.3) is 10.9 Å². The van der Waals surface area contributed by atoms with E-state index in [1.54, 1.807) is 37.4 Å². The zero-order valence-corrected chi connectivity index (χ0v) is 24.8. The Morgan fingerprint density at radius 3 is 2.51 bits per heavy atom. The predicted molar refractivity (Wildman–Crippen MR) is 165 cm³/mol. The van der Waals surface area contributed by atoms with Crippen LogP contribution in [0.5, 0.6) is 5.75 Å². The van der Waals surface area contributed by atoms with Crippen LogP contribution in [-0.4, -0.2) is 43.5 Å². The number of pyridine rings is 1. The zero-order valence-electron chi connectivity index (χ0n) is 22.5. The van der Waals surface area contributed by atoms with E-state index < -0.39 is 11.9 Å². The molecular weight excluding hydrogens is 589 g/mol. The fourth-order valence-electron chi connectivity index (χ4n) is 3.93. The Labute approximate surface area is 253 Å². The van der Waals surface area contributed by atoms with Gasteiger partial charge < -0.3 is 25.6 Å². The van der Waals surface area contributed by atoms with Crippen LogP contribution in [0.1, 0.15) is 21.6 Å². The lowest BCUT2D eigenvalue weighted by molar-refractivity contribution is -0.117. The predicted octanol–water partition coefficient (Wildman–Crippen LogP) is 5.99. The number of nitrogens with one attached hydrogen (secondary N) is 3. The minimum absolute atomic E-state index is 0. The number of urea groups is 1. The number of para-hydroxylation sites is 1. The van der Waals surface area contributed by atoms with Gasteiger partial charge in [0.15, 0.2) is 0 Å². The minimum atomic E-state index is -0.606. The number of hydrogen-bond donors (Lipinski definition) is 3. The molecule has 0 aliphatic heterocycles. The highest BCUT2D eigenvalue weighted by molar-refractivity contribution is 6.38. The molecule has 4 rings (SSSR count). The molecule has 0 aliphatic rings. The number of halogens is 3. The first-order chi connectivity index (χ1) is 19.2. The van der Waals surface area contributed by atoms with E-state index in [2.05, 4.69) is 20.9 Å². The van der Waals surface area contributed by atoms with Crippen LogP contribution in [0.15, 0.2) is 66.7 Å². The van der Waals surface area contributed by atoms with E-state index in [9.17, 15) is 14.4 Å². The number of hydrogen-bond acceptors (Lipinski definition) is 5. The molecular formula is C29H28Cl3N5O4. The van der Waals surface area contributed by atoms with E-state index in [1.807, 2.05) is 37.3 Å². The molecule has 9 nitrogen and oxygen atoms in total. The third-order valence-electron chi connectivity index (χ3n) is 6.11. The van der Waals surface area contributed by atoms with Crippen molar-refractivity contribution in [3.05, 3.63) is 93.6 Å². The molecule has 214 valence electrons. The molecule has 0 aliphatic carbocycles. The lowest BCUT2D eigenvalue weighted by Crippen LogP contribution is -2.40. The van der Waals surface area contributed by atoms with Gasteiger partial charge >= 0.3 is 6.03 Å². The second-order valence-electron chi connectivity index (χ2n) is 8.85. The number of anilines is 2. The number of aryl methyl sites for hydroxylation is 1. The molecule has 0 spiro atoms. The van der Waals surface area contributed by atoms with Crippen molar-refractivity contribution in [3.8, 4) is 5.75 Å². The quantitative estimate of drug-likeness (QED) is 0.225. The van der Waals surface area contributed by atoms with Crippen LogP contribution in [0.4, 0.5) is 16.2 Å². The molecule has 1 heterocycles. The Kier molecular flexibility index (Phi) is 10.8. The van der Waals surface area contributed by atoms with Gasteiger partial charge in [0, 0.05) is 47.0 Å². The van der Waals surface area contributed by atoms with E-state index in [0.717, 1.165) is 16.6 Å². The van der Waals surface area contributed by atoms with E-state index in [-0.39, 0.29) is 36.5 Å². The summed E-state index contributed by atoms with van der Waals surface area (Å²) in [5.41, 5.74) is 3.29. The molecule has 0 saturated carbocycles. The minimum Gasteiger partial charge on any atom is -0.487 e. The van der Waals surface area contributed by atoms with E-state index >= 15 is 0 Å². The first-order valence-corrected chi connectivity index (χ1v) is 13.0. The molecule has 0 saturated heterocycles. The summed E-state index contributed by atoms with van der Waals surface area (Å²) in [5, 5.41) is 9.22. The number of amides is 4. The highest BCUT2D eigenvalue weighted by atomic mass is 35.5. The molecule has 4 aromatic rings. The Morgan fingerprint density at radius 2 is 1.76 bits per heavy atom. The van der Waals surface area contributed by atoms with Crippen LogP contribution in [-0.2, 0) is 11.4 Å². The Morgan fingerprint density at radius 1 is 1.00 bits per heavy atom. The molecule has 0 bridgehead atoms. The maximum atomic E-state index is 12.9. The van der Waals surface area contributed by atoms with Crippen LogP contribution >= 0.6 is 35.6 Å². The summed E-state index contributed by atoms with van der Waals surface area (Å²) in [6.45, 7) is 1.66. The fourth-order valence-corrected chi connectivity index (χ4v) is 4.53. The van der Waals surface area contributed by atoms with Gasteiger partial charge in [0.25, 0.3) is 5.91 Å². The van der Waals surface area contributed by atoms with Crippen LogP contribution in [0.3, 0.4) is 0 Å². The standard InChI is InChI=1S/C29H27Cl2N5O4.ClH/c1-17-10-11-18-6-5-9-24(27(18)34-17)40-16-21-22(30)12-13-23(26(21)31)36(3)25(37)15-33-29(39)35-20-8-4-7-19(14-20)28(38)32-2;/h4-14H,15-16H2,1-3H3,(H,32,38)(H2,33,35,39);1H. The molecule has 0 radical (unpaired) electrons. The van der Waals surface area contributed by atoms with Gasteiger partial charge in [-0.25, -0.2) is 9.78 Å². The smallest absolute Gasteiger partial charge is 0.319 e. The second-order valence-corrected chi connectivity index (χ2v) is 9.63. The second kappa shape index (κ2) is 14.0. The van der Waals surface area contributed by atoms with Gasteiger partial charge in [0.1, 0.15) is 17.9 Å². The number of ether oxygens (including phenoxy) is 1. The van der Waals surface area contributed by atoms with Crippen molar-refractivity contribution in [2.24, 2.45) is 0 Å². The third kappa shape index (κ3) is 7.58. The van der Waals surface area contributed by atoms with Crippen LogP contribution in [0, 0.1) is 6.92 Å². The monoisotopic (exact) mass is 615 g/mol. The van der Waals surface area contributed by atoms with Crippen molar-refractivity contribution < 1.29 is 19.1 Å². The maximum Gasteiger partial charge on any atom is 0.319 e. The summed E-state index contributed by atoms with van der Waals surface area (Å²) < 4.78 is 6.06. The first-order valence-electron chi connectivity index (χ1n) is 12.3. The highest BCUT2D eigenvalue weighted by Gasteiger charge is 2.20. The molecule has 1 aromatic heterocycles. The summed E-state index contributed by atoms with van der Waals surface area (Å²) in [7, 11) is 3.06. The van der Waals surface area contributed by atoms with Crippen LogP contribution < -0.4 is 25.6 Å². The van der Waals surface area contributed by atoms with Crippen molar-refractivity contribution >= 4 is 75.7 Å². The van der Waals surface area contributed by atoms with E-state index in [1.165, 1.54) is 18.0 Å². The molecule has 41 heavy (non-hydrogen) atoms. The Hall–Kier alpha value is -4.05. The van der Waals surface area contributed by atoms with Crippen molar-refractivity contribution in [2.45, 2.75) is 13.5 Å².